The van der Waals surface area contributed by atoms with Crippen LogP contribution < -0.4 is 10.3 Å². The van der Waals surface area contributed by atoms with Crippen LogP contribution in [0, 0.1) is 6.92 Å². The van der Waals surface area contributed by atoms with E-state index in [9.17, 15) is 14.4 Å². The fourth-order valence-electron chi connectivity index (χ4n) is 3.23. The number of rotatable bonds is 3. The number of benzene rings is 1. The molecular weight excluding hydrogens is 350 g/mol. The van der Waals surface area contributed by atoms with Crippen molar-refractivity contribution in [1.29, 1.82) is 0 Å². The zero-order chi connectivity index (χ0) is 19.1. The summed E-state index contributed by atoms with van der Waals surface area (Å²) < 4.78 is 11.1. The molecule has 2 aromatic heterocycles. The number of esters is 1. The Morgan fingerprint density at radius 3 is 2.59 bits per heavy atom. The van der Waals surface area contributed by atoms with Gasteiger partial charge in [-0.25, -0.2) is 4.79 Å². The molecule has 7 nitrogen and oxygen atoms in total. The van der Waals surface area contributed by atoms with Crippen LogP contribution in [0.3, 0.4) is 0 Å². The van der Waals surface area contributed by atoms with Gasteiger partial charge in [0.15, 0.2) is 0 Å². The fraction of sp³-hybridized carbons (Fsp3) is 0.150. The van der Waals surface area contributed by atoms with Gasteiger partial charge >= 0.3 is 11.9 Å². The van der Waals surface area contributed by atoms with Crippen molar-refractivity contribution >= 4 is 11.9 Å². The van der Waals surface area contributed by atoms with Crippen LogP contribution in [0.2, 0.25) is 0 Å². The molecule has 3 heterocycles. The van der Waals surface area contributed by atoms with E-state index in [1.807, 2.05) is 0 Å². The number of fused-ring (bicyclic) bond motifs is 1. The first-order valence-corrected chi connectivity index (χ1v) is 8.30. The van der Waals surface area contributed by atoms with Gasteiger partial charge in [-0.3, -0.25) is 9.59 Å². The number of hydrogen-bond acceptors (Lipinski definition) is 5. The summed E-state index contributed by atoms with van der Waals surface area (Å²) in [5.41, 5.74) is 1.53. The summed E-state index contributed by atoms with van der Waals surface area (Å²) in [5, 5.41) is 8.98. The maximum absolute atomic E-state index is 12.4. The minimum absolute atomic E-state index is 0.00401. The van der Waals surface area contributed by atoms with E-state index in [1.54, 1.807) is 37.3 Å². The molecule has 1 aliphatic rings. The molecule has 27 heavy (non-hydrogen) atoms. The number of carboxylic acids is 1. The van der Waals surface area contributed by atoms with Crippen LogP contribution in [0.15, 0.2) is 51.7 Å². The number of aromatic amines is 1. The lowest BCUT2D eigenvalue weighted by molar-refractivity contribution is -0.135. The second kappa shape index (κ2) is 6.28. The maximum Gasteiger partial charge on any atom is 0.335 e. The molecule has 0 radical (unpaired) electrons. The van der Waals surface area contributed by atoms with E-state index in [1.165, 1.54) is 12.1 Å². The normalized spacial score (nSPS) is 15.9. The molecule has 136 valence electrons. The van der Waals surface area contributed by atoms with E-state index in [2.05, 4.69) is 4.98 Å². The first-order valence-electron chi connectivity index (χ1n) is 8.30. The molecule has 0 saturated carbocycles. The Bertz CT molecular complexity index is 1110. The first-order chi connectivity index (χ1) is 12.9. The number of ether oxygens (including phenoxy) is 1. The monoisotopic (exact) mass is 365 g/mol. The van der Waals surface area contributed by atoms with Crippen LogP contribution in [0.1, 0.15) is 39.7 Å². The van der Waals surface area contributed by atoms with Crippen molar-refractivity contribution in [2.75, 3.05) is 0 Å². The average Bonchev–Trinajstić information content (AvgIpc) is 3.10. The van der Waals surface area contributed by atoms with E-state index in [-0.39, 0.29) is 23.3 Å². The minimum Gasteiger partial charge on any atom is -0.478 e. The number of pyridine rings is 1. The number of carboxylic acid groups (broad SMARTS) is 1. The highest BCUT2D eigenvalue weighted by Gasteiger charge is 2.33. The van der Waals surface area contributed by atoms with Gasteiger partial charge < -0.3 is 19.2 Å². The number of aromatic nitrogens is 1. The number of aryl methyl sites for hydroxylation is 1. The number of carbonyl (C=O) groups excluding carboxylic acids is 1. The van der Waals surface area contributed by atoms with Gasteiger partial charge in [0.05, 0.1) is 23.5 Å². The summed E-state index contributed by atoms with van der Waals surface area (Å²) in [5.74, 6) is -0.737. The quantitative estimate of drug-likeness (QED) is 0.690. The molecule has 0 saturated heterocycles. The van der Waals surface area contributed by atoms with Gasteiger partial charge in [0, 0.05) is 17.3 Å². The van der Waals surface area contributed by atoms with E-state index in [4.69, 9.17) is 14.3 Å². The molecule has 1 aromatic carbocycles. The smallest absolute Gasteiger partial charge is 0.335 e. The van der Waals surface area contributed by atoms with Crippen molar-refractivity contribution in [3.63, 3.8) is 0 Å². The van der Waals surface area contributed by atoms with Crippen LogP contribution >= 0.6 is 0 Å². The van der Waals surface area contributed by atoms with E-state index in [0.29, 0.717) is 28.3 Å². The highest BCUT2D eigenvalue weighted by atomic mass is 16.5. The van der Waals surface area contributed by atoms with Gasteiger partial charge in [0.2, 0.25) is 0 Å². The predicted molar refractivity (Wildman–Crippen MR) is 95.0 cm³/mol. The van der Waals surface area contributed by atoms with Crippen LogP contribution in [-0.4, -0.2) is 22.0 Å². The topological polar surface area (TPSA) is 110 Å². The summed E-state index contributed by atoms with van der Waals surface area (Å²) >= 11 is 0. The van der Waals surface area contributed by atoms with Gasteiger partial charge in [0.25, 0.3) is 5.56 Å². The van der Waals surface area contributed by atoms with E-state index in [0.717, 1.165) is 0 Å². The summed E-state index contributed by atoms with van der Waals surface area (Å²) in [6.07, 6.45) is 0.00401. The van der Waals surface area contributed by atoms with Crippen LogP contribution in [-0.2, 0) is 4.79 Å². The summed E-state index contributed by atoms with van der Waals surface area (Å²) in [7, 11) is 0. The third kappa shape index (κ3) is 3.03. The largest absolute Gasteiger partial charge is 0.478 e. The molecule has 0 spiro atoms. The molecule has 7 heteroatoms. The lowest BCUT2D eigenvalue weighted by atomic mass is 9.91. The third-order valence-corrected chi connectivity index (χ3v) is 4.50. The zero-order valence-electron chi connectivity index (χ0n) is 14.3. The van der Waals surface area contributed by atoms with Crippen molar-refractivity contribution in [2.24, 2.45) is 0 Å². The number of nitrogens with one attached hydrogen (secondary N) is 1. The second-order valence-electron chi connectivity index (χ2n) is 6.37. The maximum atomic E-state index is 12.4. The highest BCUT2D eigenvalue weighted by Crippen LogP contribution is 2.38. The van der Waals surface area contributed by atoms with Crippen molar-refractivity contribution in [3.05, 3.63) is 75.4 Å². The van der Waals surface area contributed by atoms with E-state index >= 15 is 0 Å². The molecule has 0 amide bonds. The standard InChI is InChI=1S/C20H15NO6/c1-10-8-16-18(19(23)21-10)13(9-17(22)27-16)15-7-6-14(26-15)11-2-4-12(5-3-11)20(24)25/h2-8,13H,9H2,1H3,(H,21,23)(H,24,25). The Balaban J connectivity index is 1.73. The van der Waals surface area contributed by atoms with Crippen molar-refractivity contribution < 1.29 is 23.8 Å². The molecule has 3 aromatic rings. The Morgan fingerprint density at radius 2 is 1.89 bits per heavy atom. The molecule has 2 N–H and O–H groups in total. The summed E-state index contributed by atoms with van der Waals surface area (Å²) in [6.45, 7) is 1.71. The van der Waals surface area contributed by atoms with Crippen molar-refractivity contribution in [2.45, 2.75) is 19.3 Å². The number of aromatic carboxylic acids is 1. The van der Waals surface area contributed by atoms with Crippen molar-refractivity contribution in [3.8, 4) is 17.1 Å². The highest BCUT2D eigenvalue weighted by molar-refractivity contribution is 5.88. The Kier molecular flexibility index (Phi) is 3.92. The molecular formula is C20H15NO6. The number of carbonyl (C=O) groups is 2. The molecule has 0 bridgehead atoms. The predicted octanol–water partition coefficient (Wildman–Crippen LogP) is 3.08. The Morgan fingerprint density at radius 1 is 1.15 bits per heavy atom. The first kappa shape index (κ1) is 16.8. The number of H-pyrrole nitrogens is 1. The summed E-state index contributed by atoms with van der Waals surface area (Å²) in [4.78, 5) is 38.1. The molecule has 1 unspecified atom stereocenters. The Hall–Kier alpha value is -3.61. The average molecular weight is 365 g/mol. The molecule has 1 aliphatic heterocycles. The molecule has 0 fully saturated rings. The molecule has 1 atom stereocenters. The van der Waals surface area contributed by atoms with Gasteiger partial charge in [-0.2, -0.15) is 0 Å². The third-order valence-electron chi connectivity index (χ3n) is 4.50. The SMILES string of the molecule is Cc1cc2c(c(=O)[nH]1)C(c1ccc(-c3ccc(C(=O)O)cc3)o1)CC(=O)O2. The lowest BCUT2D eigenvalue weighted by Gasteiger charge is -2.22. The molecule has 0 aliphatic carbocycles. The van der Waals surface area contributed by atoms with Crippen molar-refractivity contribution in [1.82, 2.24) is 4.98 Å². The number of furan rings is 1. The van der Waals surface area contributed by atoms with Gasteiger partial charge in [-0.15, -0.1) is 0 Å². The van der Waals surface area contributed by atoms with Crippen LogP contribution in [0.4, 0.5) is 0 Å². The zero-order valence-corrected chi connectivity index (χ0v) is 14.3. The van der Waals surface area contributed by atoms with Crippen LogP contribution in [0.5, 0.6) is 5.75 Å². The summed E-state index contributed by atoms with van der Waals surface area (Å²) in [6, 6.07) is 11.3. The van der Waals surface area contributed by atoms with Gasteiger partial charge in [-0.05, 0) is 31.2 Å². The van der Waals surface area contributed by atoms with Gasteiger partial charge in [-0.1, -0.05) is 12.1 Å². The molecule has 4 rings (SSSR count). The van der Waals surface area contributed by atoms with Gasteiger partial charge in [0.1, 0.15) is 17.3 Å². The number of hydrogen-bond donors (Lipinski definition) is 2. The second-order valence-corrected chi connectivity index (χ2v) is 6.37. The minimum atomic E-state index is -1.01. The Labute approximate surface area is 153 Å². The fourth-order valence-corrected chi connectivity index (χ4v) is 3.23. The lowest BCUT2D eigenvalue weighted by Crippen LogP contribution is -2.28. The van der Waals surface area contributed by atoms with E-state index < -0.39 is 17.9 Å². The van der Waals surface area contributed by atoms with Crippen LogP contribution in [0.25, 0.3) is 11.3 Å².